The Labute approximate surface area is 246 Å². The van der Waals surface area contributed by atoms with Gasteiger partial charge in [-0.25, -0.2) is 16.8 Å². The number of hydrogen-bond acceptors (Lipinski definition) is 8. The van der Waals surface area contributed by atoms with Gasteiger partial charge in [-0.2, -0.15) is 4.31 Å². The Kier molecular flexibility index (Phi) is 9.46. The van der Waals surface area contributed by atoms with E-state index in [1.165, 1.54) is 78.0 Å². The highest BCUT2D eigenvalue weighted by Crippen LogP contribution is 2.36. The van der Waals surface area contributed by atoms with Crippen LogP contribution in [0.3, 0.4) is 0 Å². The molecule has 42 heavy (non-hydrogen) atoms. The highest BCUT2D eigenvalue weighted by Gasteiger charge is 2.36. The minimum absolute atomic E-state index is 0.0148. The number of sulfonamides is 2. The first-order valence-corrected chi connectivity index (χ1v) is 16.2. The number of methoxy groups -OCH3 is 1. The second-order valence-corrected chi connectivity index (χ2v) is 13.9. The van der Waals surface area contributed by atoms with Gasteiger partial charge in [0.25, 0.3) is 15.9 Å². The first-order valence-electron chi connectivity index (χ1n) is 13.3. The first-order chi connectivity index (χ1) is 19.9. The summed E-state index contributed by atoms with van der Waals surface area (Å²) in [7, 11) is -5.08. The third kappa shape index (κ3) is 6.54. The number of fused-ring (bicyclic) bond motifs is 1. The zero-order valence-corrected chi connectivity index (χ0v) is 25.4. The van der Waals surface area contributed by atoms with Crippen LogP contribution < -0.4 is 14.2 Å². The number of aliphatic hydroxyl groups excluding tert-OH is 1. The van der Waals surface area contributed by atoms with Crippen LogP contribution in [-0.2, 0) is 20.0 Å². The maximum absolute atomic E-state index is 13.7. The van der Waals surface area contributed by atoms with Crippen molar-refractivity contribution in [3.63, 3.8) is 0 Å². The van der Waals surface area contributed by atoms with E-state index in [9.17, 15) is 26.7 Å². The number of benzene rings is 3. The summed E-state index contributed by atoms with van der Waals surface area (Å²) < 4.78 is 68.5. The van der Waals surface area contributed by atoms with E-state index in [1.807, 2.05) is 6.92 Å². The van der Waals surface area contributed by atoms with Gasteiger partial charge in [0.1, 0.15) is 11.9 Å². The van der Waals surface area contributed by atoms with Crippen molar-refractivity contribution in [1.82, 2.24) is 9.21 Å². The summed E-state index contributed by atoms with van der Waals surface area (Å²) in [4.78, 5) is 15.3. The van der Waals surface area contributed by atoms with Crippen molar-refractivity contribution >= 4 is 31.6 Å². The van der Waals surface area contributed by atoms with E-state index in [-0.39, 0.29) is 46.5 Å². The Morgan fingerprint density at radius 1 is 1.02 bits per heavy atom. The van der Waals surface area contributed by atoms with Gasteiger partial charge in [-0.15, -0.1) is 0 Å². The monoisotopic (exact) mass is 617 g/mol. The van der Waals surface area contributed by atoms with Crippen LogP contribution in [0.25, 0.3) is 0 Å². The van der Waals surface area contributed by atoms with Crippen LogP contribution >= 0.6 is 0 Å². The molecular formula is C29H35N3O8S2. The van der Waals surface area contributed by atoms with Crippen LogP contribution in [0.1, 0.15) is 24.2 Å². The lowest BCUT2D eigenvalue weighted by atomic mass is 9.99. The van der Waals surface area contributed by atoms with Gasteiger partial charge in [0.2, 0.25) is 10.0 Å². The summed E-state index contributed by atoms with van der Waals surface area (Å²) in [5.41, 5.74) is 0.0941. The van der Waals surface area contributed by atoms with Crippen molar-refractivity contribution in [1.29, 1.82) is 0 Å². The lowest BCUT2D eigenvalue weighted by Crippen LogP contribution is -2.50. The molecule has 1 aliphatic heterocycles. The van der Waals surface area contributed by atoms with E-state index < -0.39 is 44.0 Å². The van der Waals surface area contributed by atoms with Crippen LogP contribution in [0.2, 0.25) is 0 Å². The predicted octanol–water partition coefficient (Wildman–Crippen LogP) is 3.04. The molecule has 1 heterocycles. The smallest absolute Gasteiger partial charge is 0.262 e. The minimum Gasteiger partial charge on any atom is -0.497 e. The molecule has 0 bridgehead atoms. The topological polar surface area (TPSA) is 143 Å². The highest BCUT2D eigenvalue weighted by molar-refractivity contribution is 7.92. The number of ether oxygens (including phenoxy) is 2. The summed E-state index contributed by atoms with van der Waals surface area (Å²) in [6, 6.07) is 17.7. The summed E-state index contributed by atoms with van der Waals surface area (Å²) in [6.07, 6.45) is -0.791. The predicted molar refractivity (Wildman–Crippen MR) is 158 cm³/mol. The quantitative estimate of drug-likeness (QED) is 0.354. The Balaban J connectivity index is 1.75. The maximum atomic E-state index is 13.7. The number of carbonyl (C=O) groups is 1. The second-order valence-electron chi connectivity index (χ2n) is 10.2. The Morgan fingerprint density at radius 3 is 2.31 bits per heavy atom. The standard InChI is InChI=1S/C29H35N3O8S2/c1-20-17-32(21(2)19-33)29(34)25-11-8-12-26(30-41(35,36)23-15-13-22(39-4)14-16-23)28(25)40-27(20)18-31(3)42(37,38)24-9-6-5-7-10-24/h5-16,20-21,27,30,33H,17-19H2,1-4H3/t20-,21+,27+/m1/s1. The van der Waals surface area contributed by atoms with Gasteiger partial charge in [0.15, 0.2) is 5.75 Å². The number of rotatable bonds is 10. The zero-order chi connectivity index (χ0) is 30.7. The molecule has 0 aromatic heterocycles. The SMILES string of the molecule is COc1ccc(S(=O)(=O)Nc2cccc3c2O[C@@H](CN(C)S(=O)(=O)c2ccccc2)[C@H](C)CN([C@@H](C)CO)C3=O)cc1. The van der Waals surface area contributed by atoms with Gasteiger partial charge in [-0.05, 0) is 55.5 Å². The number of amides is 1. The molecule has 0 fully saturated rings. The molecule has 1 amide bonds. The third-order valence-electron chi connectivity index (χ3n) is 7.19. The summed E-state index contributed by atoms with van der Waals surface area (Å²) in [5, 5.41) is 9.90. The van der Waals surface area contributed by atoms with E-state index in [4.69, 9.17) is 9.47 Å². The third-order valence-corrected chi connectivity index (χ3v) is 10.4. The van der Waals surface area contributed by atoms with Gasteiger partial charge in [0.05, 0.1) is 47.3 Å². The molecule has 0 saturated carbocycles. The average molecular weight is 618 g/mol. The molecule has 2 N–H and O–H groups in total. The Morgan fingerprint density at radius 2 is 1.69 bits per heavy atom. The molecule has 3 aromatic rings. The van der Waals surface area contributed by atoms with Crippen LogP contribution in [0.4, 0.5) is 5.69 Å². The summed E-state index contributed by atoms with van der Waals surface area (Å²) >= 11 is 0. The molecule has 13 heteroatoms. The van der Waals surface area contributed by atoms with Crippen molar-refractivity contribution in [2.45, 2.75) is 35.8 Å². The number of nitrogens with one attached hydrogen (secondary N) is 1. The number of carbonyl (C=O) groups excluding carboxylic acids is 1. The lowest BCUT2D eigenvalue weighted by molar-refractivity contribution is 0.0389. The number of likely N-dealkylation sites (N-methyl/N-ethyl adjacent to an activating group) is 1. The van der Waals surface area contributed by atoms with Crippen molar-refractivity contribution in [2.75, 3.05) is 38.6 Å². The lowest BCUT2D eigenvalue weighted by Gasteiger charge is -2.38. The van der Waals surface area contributed by atoms with E-state index in [2.05, 4.69) is 4.72 Å². The van der Waals surface area contributed by atoms with E-state index in [1.54, 1.807) is 25.1 Å². The summed E-state index contributed by atoms with van der Waals surface area (Å²) in [5.74, 6) is -0.405. The van der Waals surface area contributed by atoms with Crippen LogP contribution in [0.15, 0.2) is 82.6 Å². The van der Waals surface area contributed by atoms with E-state index in [0.717, 1.165) is 0 Å². The molecular weight excluding hydrogens is 582 g/mol. The van der Waals surface area contributed by atoms with Gasteiger partial charge in [0, 0.05) is 19.5 Å². The molecule has 0 aliphatic carbocycles. The van der Waals surface area contributed by atoms with Crippen molar-refractivity contribution in [3.8, 4) is 11.5 Å². The number of hydrogen-bond donors (Lipinski definition) is 2. The molecule has 3 aromatic carbocycles. The molecule has 0 saturated heterocycles. The van der Waals surface area contributed by atoms with Gasteiger partial charge in [-0.3, -0.25) is 9.52 Å². The van der Waals surface area contributed by atoms with Crippen molar-refractivity contribution in [2.24, 2.45) is 5.92 Å². The second kappa shape index (κ2) is 12.7. The first kappa shape index (κ1) is 31.3. The van der Waals surface area contributed by atoms with Gasteiger partial charge < -0.3 is 19.5 Å². The van der Waals surface area contributed by atoms with Gasteiger partial charge in [-0.1, -0.05) is 31.2 Å². The molecule has 11 nitrogen and oxygen atoms in total. The molecule has 226 valence electrons. The van der Waals surface area contributed by atoms with E-state index in [0.29, 0.717) is 5.75 Å². The average Bonchev–Trinajstić information content (AvgIpc) is 2.99. The highest BCUT2D eigenvalue weighted by atomic mass is 32.2. The fraction of sp³-hybridized carbons (Fsp3) is 0.345. The van der Waals surface area contributed by atoms with Crippen molar-refractivity contribution in [3.05, 3.63) is 78.4 Å². The number of anilines is 1. The molecule has 0 spiro atoms. The fourth-order valence-corrected chi connectivity index (χ4v) is 6.89. The van der Waals surface area contributed by atoms with Gasteiger partial charge >= 0.3 is 0 Å². The maximum Gasteiger partial charge on any atom is 0.262 e. The molecule has 3 atom stereocenters. The zero-order valence-electron chi connectivity index (χ0n) is 23.8. The van der Waals surface area contributed by atoms with Crippen LogP contribution in [-0.4, -0.2) is 83.1 Å². The Bertz CT molecular complexity index is 1610. The molecule has 0 radical (unpaired) electrons. The fourth-order valence-electron chi connectivity index (χ4n) is 4.62. The normalized spacial score (nSPS) is 18.4. The van der Waals surface area contributed by atoms with Crippen LogP contribution in [0.5, 0.6) is 11.5 Å². The molecule has 4 rings (SSSR count). The summed E-state index contributed by atoms with van der Waals surface area (Å²) in [6.45, 7) is 3.29. The molecule has 0 unspecified atom stereocenters. The van der Waals surface area contributed by atoms with Crippen LogP contribution in [0, 0.1) is 5.92 Å². The number of para-hydroxylation sites is 1. The minimum atomic E-state index is -4.11. The largest absolute Gasteiger partial charge is 0.497 e. The molecule has 1 aliphatic rings. The number of nitrogens with zero attached hydrogens (tertiary/aromatic N) is 2. The van der Waals surface area contributed by atoms with Crippen molar-refractivity contribution < 1.29 is 36.2 Å². The number of aliphatic hydroxyl groups is 1. The van der Waals surface area contributed by atoms with E-state index >= 15 is 0 Å². The Hall–Kier alpha value is -3.65.